The number of nitrogens with zero attached hydrogens (tertiary/aromatic N) is 1. The Morgan fingerprint density at radius 1 is 1.25 bits per heavy atom. The first-order valence-corrected chi connectivity index (χ1v) is 7.55. The third kappa shape index (κ3) is 5.09. The van der Waals surface area contributed by atoms with Crippen LogP contribution in [0.15, 0.2) is 42.5 Å². The van der Waals surface area contributed by atoms with Gasteiger partial charge in [0.2, 0.25) is 0 Å². The van der Waals surface area contributed by atoms with Gasteiger partial charge in [-0.2, -0.15) is 8.78 Å². The normalized spacial score (nSPS) is 10.6. The maximum absolute atomic E-state index is 12.2. The van der Waals surface area contributed by atoms with Gasteiger partial charge in [0.15, 0.2) is 0 Å². The van der Waals surface area contributed by atoms with E-state index in [1.54, 1.807) is 31.3 Å². The van der Waals surface area contributed by atoms with Gasteiger partial charge in [0.1, 0.15) is 5.75 Å². The molecule has 2 rings (SSSR count). The third-order valence-electron chi connectivity index (χ3n) is 3.34. The maximum Gasteiger partial charge on any atom is 0.387 e. The number of amides is 2. The van der Waals surface area contributed by atoms with Crippen molar-refractivity contribution >= 4 is 23.3 Å². The first-order chi connectivity index (χ1) is 11.3. The Kier molecular flexibility index (Phi) is 5.98. The summed E-state index contributed by atoms with van der Waals surface area (Å²) in [5, 5.41) is 3.32. The fourth-order valence-electron chi connectivity index (χ4n) is 2.01. The number of alkyl halides is 2. The van der Waals surface area contributed by atoms with Crippen LogP contribution in [0, 0.1) is 6.92 Å². The van der Waals surface area contributed by atoms with Crippen molar-refractivity contribution in [1.29, 1.82) is 0 Å². The van der Waals surface area contributed by atoms with Gasteiger partial charge >= 0.3 is 12.6 Å². The van der Waals surface area contributed by atoms with Crippen LogP contribution < -0.4 is 10.1 Å². The summed E-state index contributed by atoms with van der Waals surface area (Å²) in [6.07, 6.45) is 0. The average molecular weight is 355 g/mol. The highest BCUT2D eigenvalue weighted by atomic mass is 35.5. The highest BCUT2D eigenvalue weighted by Gasteiger charge is 2.11. The first-order valence-electron chi connectivity index (χ1n) is 7.17. The number of anilines is 1. The van der Waals surface area contributed by atoms with Crippen molar-refractivity contribution < 1.29 is 18.3 Å². The van der Waals surface area contributed by atoms with Gasteiger partial charge in [0.25, 0.3) is 0 Å². The van der Waals surface area contributed by atoms with Crippen molar-refractivity contribution in [3.05, 3.63) is 58.6 Å². The van der Waals surface area contributed by atoms with E-state index in [4.69, 9.17) is 11.6 Å². The summed E-state index contributed by atoms with van der Waals surface area (Å²) in [6.45, 7) is -0.660. The largest absolute Gasteiger partial charge is 0.435 e. The Labute approximate surface area is 144 Å². The van der Waals surface area contributed by atoms with E-state index in [9.17, 15) is 13.6 Å². The van der Waals surface area contributed by atoms with E-state index in [1.807, 2.05) is 13.0 Å². The molecule has 0 heterocycles. The van der Waals surface area contributed by atoms with Crippen LogP contribution in [-0.2, 0) is 6.54 Å². The van der Waals surface area contributed by atoms with E-state index in [-0.39, 0.29) is 11.8 Å². The lowest BCUT2D eigenvalue weighted by Crippen LogP contribution is -2.30. The topological polar surface area (TPSA) is 41.6 Å². The molecule has 0 spiro atoms. The minimum Gasteiger partial charge on any atom is -0.435 e. The van der Waals surface area contributed by atoms with Gasteiger partial charge in [0.05, 0.1) is 0 Å². The quantitative estimate of drug-likeness (QED) is 0.828. The van der Waals surface area contributed by atoms with Gasteiger partial charge in [-0.3, -0.25) is 0 Å². The number of hydrogen-bond acceptors (Lipinski definition) is 2. The molecule has 1 N–H and O–H groups in total. The predicted molar refractivity (Wildman–Crippen MR) is 89.7 cm³/mol. The van der Waals surface area contributed by atoms with E-state index in [0.29, 0.717) is 17.3 Å². The van der Waals surface area contributed by atoms with Crippen LogP contribution in [0.3, 0.4) is 0 Å². The number of aryl methyl sites for hydroxylation is 1. The van der Waals surface area contributed by atoms with Crippen LogP contribution in [-0.4, -0.2) is 24.6 Å². The molecule has 0 bridgehead atoms. The second kappa shape index (κ2) is 7.97. The zero-order valence-electron chi connectivity index (χ0n) is 13.2. The van der Waals surface area contributed by atoms with Crippen LogP contribution >= 0.6 is 11.6 Å². The average Bonchev–Trinajstić information content (AvgIpc) is 2.52. The smallest absolute Gasteiger partial charge is 0.387 e. The van der Waals surface area contributed by atoms with Crippen molar-refractivity contribution in [2.75, 3.05) is 12.4 Å². The SMILES string of the molecule is Cc1ccc(NC(=O)N(C)Cc2ccc(OC(F)F)cc2)cc1Cl. The Bertz CT molecular complexity index is 708. The molecule has 7 heteroatoms. The van der Waals surface area contributed by atoms with E-state index < -0.39 is 6.61 Å². The Morgan fingerprint density at radius 2 is 1.92 bits per heavy atom. The number of hydrogen-bond donors (Lipinski definition) is 1. The van der Waals surface area contributed by atoms with E-state index in [1.165, 1.54) is 17.0 Å². The summed E-state index contributed by atoms with van der Waals surface area (Å²) < 4.78 is 28.5. The number of nitrogens with one attached hydrogen (secondary N) is 1. The number of carbonyl (C=O) groups excluding carboxylic acids is 1. The zero-order chi connectivity index (χ0) is 17.7. The Balaban J connectivity index is 1.94. The summed E-state index contributed by atoms with van der Waals surface area (Å²) in [4.78, 5) is 13.6. The lowest BCUT2D eigenvalue weighted by molar-refractivity contribution is -0.0498. The monoisotopic (exact) mass is 354 g/mol. The first kappa shape index (κ1) is 18.0. The second-order valence-electron chi connectivity index (χ2n) is 5.27. The molecule has 0 saturated heterocycles. The van der Waals surface area contributed by atoms with Crippen molar-refractivity contribution in [3.63, 3.8) is 0 Å². The van der Waals surface area contributed by atoms with Crippen molar-refractivity contribution in [2.45, 2.75) is 20.1 Å². The van der Waals surface area contributed by atoms with Crippen molar-refractivity contribution in [1.82, 2.24) is 4.90 Å². The van der Waals surface area contributed by atoms with Gasteiger partial charge in [0, 0.05) is 24.3 Å². The van der Waals surface area contributed by atoms with Crippen molar-refractivity contribution in [3.8, 4) is 5.75 Å². The molecule has 2 amide bonds. The van der Waals surface area contributed by atoms with Crippen LogP contribution in [0.1, 0.15) is 11.1 Å². The Hall–Kier alpha value is -2.34. The molecule has 0 atom stereocenters. The lowest BCUT2D eigenvalue weighted by Gasteiger charge is -2.18. The van der Waals surface area contributed by atoms with E-state index in [2.05, 4.69) is 10.1 Å². The molecule has 4 nitrogen and oxygen atoms in total. The van der Waals surface area contributed by atoms with Gasteiger partial charge in [-0.1, -0.05) is 29.8 Å². The standard InChI is InChI=1S/C17H17ClF2N2O2/c1-11-3-6-13(9-15(11)18)21-17(23)22(2)10-12-4-7-14(8-5-12)24-16(19)20/h3-9,16H,10H2,1-2H3,(H,21,23). The molecule has 0 saturated carbocycles. The molecule has 0 aromatic heterocycles. The number of halogens is 3. The summed E-state index contributed by atoms with van der Waals surface area (Å²) in [5.41, 5.74) is 2.31. The molecule has 128 valence electrons. The highest BCUT2D eigenvalue weighted by Crippen LogP contribution is 2.20. The molecule has 0 aliphatic heterocycles. The fourth-order valence-corrected chi connectivity index (χ4v) is 2.19. The lowest BCUT2D eigenvalue weighted by atomic mass is 10.2. The summed E-state index contributed by atoms with van der Waals surface area (Å²) in [6, 6.07) is 11.1. The molecule has 0 unspecified atom stereocenters. The predicted octanol–water partition coefficient (Wildman–Crippen LogP) is 4.91. The van der Waals surface area contributed by atoms with Crippen molar-refractivity contribution in [2.24, 2.45) is 0 Å². The summed E-state index contributed by atoms with van der Waals surface area (Å²) in [5.74, 6) is 0.0788. The Morgan fingerprint density at radius 3 is 2.50 bits per heavy atom. The molecule has 24 heavy (non-hydrogen) atoms. The molecule has 0 aliphatic carbocycles. The number of rotatable bonds is 5. The van der Waals surface area contributed by atoms with Gasteiger partial charge in [-0.05, 0) is 42.3 Å². The summed E-state index contributed by atoms with van der Waals surface area (Å²) >= 11 is 6.03. The molecular weight excluding hydrogens is 338 g/mol. The number of carbonyl (C=O) groups is 1. The van der Waals surface area contributed by atoms with Crippen LogP contribution in [0.5, 0.6) is 5.75 Å². The number of benzene rings is 2. The van der Waals surface area contributed by atoms with E-state index >= 15 is 0 Å². The summed E-state index contributed by atoms with van der Waals surface area (Å²) in [7, 11) is 1.63. The van der Waals surface area contributed by atoms with Gasteiger partial charge in [-0.15, -0.1) is 0 Å². The molecule has 2 aromatic rings. The molecule has 2 aromatic carbocycles. The van der Waals surface area contributed by atoms with Crippen LogP contribution in [0.25, 0.3) is 0 Å². The minimum atomic E-state index is -2.86. The number of urea groups is 1. The fraction of sp³-hybridized carbons (Fsp3) is 0.235. The highest BCUT2D eigenvalue weighted by molar-refractivity contribution is 6.31. The minimum absolute atomic E-state index is 0.0788. The van der Waals surface area contributed by atoms with E-state index in [0.717, 1.165) is 11.1 Å². The second-order valence-corrected chi connectivity index (χ2v) is 5.68. The van der Waals surface area contributed by atoms with Gasteiger partial charge in [-0.25, -0.2) is 4.79 Å². The maximum atomic E-state index is 12.2. The van der Waals surface area contributed by atoms with Crippen LogP contribution in [0.2, 0.25) is 5.02 Å². The zero-order valence-corrected chi connectivity index (χ0v) is 14.0. The third-order valence-corrected chi connectivity index (χ3v) is 3.75. The van der Waals surface area contributed by atoms with Gasteiger partial charge < -0.3 is 15.0 Å². The molecular formula is C17H17ClF2N2O2. The molecule has 0 aliphatic rings. The molecule has 0 radical (unpaired) electrons. The number of ether oxygens (including phenoxy) is 1. The van der Waals surface area contributed by atoms with Crippen LogP contribution in [0.4, 0.5) is 19.3 Å². The molecule has 0 fully saturated rings.